The fraction of sp³-hybridized carbons (Fsp3) is 0.500. The Morgan fingerprint density at radius 2 is 2.04 bits per heavy atom. The maximum Gasteiger partial charge on any atom is 0.244 e. The summed E-state index contributed by atoms with van der Waals surface area (Å²) in [7, 11) is -3.85. The van der Waals surface area contributed by atoms with E-state index in [9.17, 15) is 13.2 Å². The molecule has 1 aromatic carbocycles. The molecule has 0 aromatic heterocycles. The van der Waals surface area contributed by atoms with E-state index in [2.05, 4.69) is 0 Å². The molecule has 2 fully saturated rings. The maximum absolute atomic E-state index is 13.1. The van der Waals surface area contributed by atoms with Gasteiger partial charge in [0.2, 0.25) is 15.9 Å². The van der Waals surface area contributed by atoms with Crippen LogP contribution in [0, 0.1) is 17.2 Å². The Kier molecular flexibility index (Phi) is 4.13. The minimum absolute atomic E-state index is 0.0500. The summed E-state index contributed by atoms with van der Waals surface area (Å²) in [5.74, 6) is -0.408. The lowest BCUT2D eigenvalue weighted by Crippen LogP contribution is -2.48. The molecule has 3 atom stereocenters. The van der Waals surface area contributed by atoms with E-state index in [-0.39, 0.29) is 22.4 Å². The van der Waals surface area contributed by atoms with Crippen molar-refractivity contribution >= 4 is 15.9 Å². The summed E-state index contributed by atoms with van der Waals surface area (Å²) < 4.78 is 27.5. The summed E-state index contributed by atoms with van der Waals surface area (Å²) in [6.07, 6.45) is 4.20. The van der Waals surface area contributed by atoms with Crippen molar-refractivity contribution in [1.29, 1.82) is 5.26 Å². The Labute approximate surface area is 135 Å². The molecule has 1 aliphatic carbocycles. The molecule has 1 saturated carbocycles. The van der Waals surface area contributed by atoms with Crippen molar-refractivity contribution in [3.63, 3.8) is 0 Å². The molecule has 1 aliphatic heterocycles. The fourth-order valence-corrected chi connectivity index (χ4v) is 5.78. The van der Waals surface area contributed by atoms with Crippen molar-refractivity contribution in [3.8, 4) is 6.07 Å². The van der Waals surface area contributed by atoms with E-state index in [0.29, 0.717) is 6.42 Å². The van der Waals surface area contributed by atoms with Crippen LogP contribution in [-0.2, 0) is 14.8 Å². The Morgan fingerprint density at radius 1 is 1.30 bits per heavy atom. The van der Waals surface area contributed by atoms with Gasteiger partial charge in [0, 0.05) is 6.04 Å². The van der Waals surface area contributed by atoms with Crippen LogP contribution in [0.5, 0.6) is 0 Å². The number of hydrogen-bond acceptors (Lipinski definition) is 4. The molecule has 0 bridgehead atoms. The highest BCUT2D eigenvalue weighted by molar-refractivity contribution is 7.89. The van der Waals surface area contributed by atoms with Gasteiger partial charge in [0.25, 0.3) is 0 Å². The lowest BCUT2D eigenvalue weighted by molar-refractivity contribution is -0.121. The molecule has 23 heavy (non-hydrogen) atoms. The third-order valence-electron chi connectivity index (χ3n) is 4.90. The smallest absolute Gasteiger partial charge is 0.244 e. The lowest BCUT2D eigenvalue weighted by atomic mass is 9.85. The number of amides is 1. The number of carbonyl (C=O) groups excluding carboxylic acids is 1. The van der Waals surface area contributed by atoms with Gasteiger partial charge in [-0.05, 0) is 43.4 Å². The van der Waals surface area contributed by atoms with Gasteiger partial charge in [0.05, 0.1) is 16.5 Å². The van der Waals surface area contributed by atoms with E-state index in [1.165, 1.54) is 16.4 Å². The monoisotopic (exact) mass is 333 g/mol. The van der Waals surface area contributed by atoms with Gasteiger partial charge in [-0.2, -0.15) is 9.57 Å². The number of carbonyl (C=O) groups is 1. The molecular weight excluding hydrogens is 314 g/mol. The summed E-state index contributed by atoms with van der Waals surface area (Å²) in [5, 5.41) is 8.99. The summed E-state index contributed by atoms with van der Waals surface area (Å²) in [5.41, 5.74) is 5.75. The first kappa shape index (κ1) is 16.0. The van der Waals surface area contributed by atoms with Crippen LogP contribution in [0.15, 0.2) is 29.2 Å². The molecule has 1 heterocycles. The number of rotatable bonds is 3. The van der Waals surface area contributed by atoms with Crippen LogP contribution in [0.3, 0.4) is 0 Å². The third-order valence-corrected chi connectivity index (χ3v) is 6.83. The van der Waals surface area contributed by atoms with Gasteiger partial charge in [-0.3, -0.25) is 4.79 Å². The highest BCUT2D eigenvalue weighted by Gasteiger charge is 2.50. The van der Waals surface area contributed by atoms with E-state index in [1.807, 2.05) is 6.07 Å². The number of hydrogen-bond donors (Lipinski definition) is 1. The highest BCUT2D eigenvalue weighted by atomic mass is 32.2. The zero-order chi connectivity index (χ0) is 16.6. The van der Waals surface area contributed by atoms with Crippen LogP contribution in [0.25, 0.3) is 0 Å². The highest BCUT2D eigenvalue weighted by Crippen LogP contribution is 2.42. The molecule has 0 radical (unpaired) electrons. The van der Waals surface area contributed by atoms with Gasteiger partial charge in [0.1, 0.15) is 6.04 Å². The number of benzene rings is 1. The van der Waals surface area contributed by atoms with Gasteiger partial charge >= 0.3 is 0 Å². The van der Waals surface area contributed by atoms with Crippen LogP contribution in [0.1, 0.15) is 37.7 Å². The number of primary amides is 1. The molecule has 1 amide bonds. The molecule has 2 N–H and O–H groups in total. The minimum Gasteiger partial charge on any atom is -0.368 e. The SMILES string of the molecule is N#Cc1cccc(S(=O)(=O)N2[C@@H]3CCCC[C@H]3C[C@H]2C(N)=O)c1. The zero-order valence-electron chi connectivity index (χ0n) is 12.7. The fourth-order valence-electron chi connectivity index (χ4n) is 3.85. The molecule has 0 unspecified atom stereocenters. The standard InChI is InChI=1S/C16H19N3O3S/c17-10-11-4-3-6-13(8-11)23(21,22)19-14-7-2-1-5-12(14)9-15(19)16(18)20/h3-4,6,8,12,14-15H,1-2,5,7,9H2,(H2,18,20)/t12-,14+,15-/m0/s1. The van der Waals surface area contributed by atoms with Crippen LogP contribution in [0.2, 0.25) is 0 Å². The molecule has 3 rings (SSSR count). The summed E-state index contributed by atoms with van der Waals surface area (Å²) >= 11 is 0. The van der Waals surface area contributed by atoms with E-state index in [0.717, 1.165) is 25.7 Å². The van der Waals surface area contributed by atoms with Crippen molar-refractivity contribution < 1.29 is 13.2 Å². The van der Waals surface area contributed by atoms with Crippen molar-refractivity contribution in [3.05, 3.63) is 29.8 Å². The van der Waals surface area contributed by atoms with Gasteiger partial charge in [0.15, 0.2) is 0 Å². The van der Waals surface area contributed by atoms with Crippen molar-refractivity contribution in [1.82, 2.24) is 4.31 Å². The normalized spacial score (nSPS) is 28.0. The van der Waals surface area contributed by atoms with E-state index in [4.69, 9.17) is 11.0 Å². The molecular formula is C16H19N3O3S. The second-order valence-electron chi connectivity index (χ2n) is 6.24. The number of nitriles is 1. The van der Waals surface area contributed by atoms with Gasteiger partial charge in [-0.25, -0.2) is 8.42 Å². The first-order valence-corrected chi connectivity index (χ1v) is 9.22. The first-order chi connectivity index (χ1) is 10.9. The molecule has 2 aliphatic rings. The summed E-state index contributed by atoms with van der Waals surface area (Å²) in [6, 6.07) is 6.89. The van der Waals surface area contributed by atoms with Crippen LogP contribution in [-0.4, -0.2) is 30.7 Å². The first-order valence-electron chi connectivity index (χ1n) is 7.78. The number of fused-ring (bicyclic) bond motifs is 1. The van der Waals surface area contributed by atoms with Crippen molar-refractivity contribution in [2.24, 2.45) is 11.7 Å². The Balaban J connectivity index is 2.05. The zero-order valence-corrected chi connectivity index (χ0v) is 13.5. The van der Waals surface area contributed by atoms with Crippen LogP contribution >= 0.6 is 0 Å². The predicted octanol–water partition coefficient (Wildman–Crippen LogP) is 1.37. The summed E-state index contributed by atoms with van der Waals surface area (Å²) in [6.45, 7) is 0. The van der Waals surface area contributed by atoms with E-state index >= 15 is 0 Å². The lowest BCUT2D eigenvalue weighted by Gasteiger charge is -2.32. The second kappa shape index (κ2) is 5.95. The average Bonchev–Trinajstić information content (AvgIpc) is 2.95. The molecule has 0 spiro atoms. The third kappa shape index (κ3) is 2.73. The van der Waals surface area contributed by atoms with E-state index in [1.54, 1.807) is 12.1 Å². The second-order valence-corrected chi connectivity index (χ2v) is 8.08. The van der Waals surface area contributed by atoms with E-state index < -0.39 is 22.0 Å². The molecule has 1 saturated heterocycles. The number of sulfonamides is 1. The Hall–Kier alpha value is -1.91. The van der Waals surface area contributed by atoms with Crippen molar-refractivity contribution in [2.45, 2.75) is 49.1 Å². The molecule has 1 aromatic rings. The topological polar surface area (TPSA) is 104 Å². The van der Waals surface area contributed by atoms with Gasteiger partial charge in [-0.1, -0.05) is 18.9 Å². The maximum atomic E-state index is 13.1. The van der Waals surface area contributed by atoms with Crippen LogP contribution < -0.4 is 5.73 Å². The molecule has 122 valence electrons. The van der Waals surface area contributed by atoms with Crippen LogP contribution in [0.4, 0.5) is 0 Å². The van der Waals surface area contributed by atoms with Crippen molar-refractivity contribution in [2.75, 3.05) is 0 Å². The number of nitrogens with zero attached hydrogens (tertiary/aromatic N) is 2. The number of nitrogens with two attached hydrogens (primary N) is 1. The van der Waals surface area contributed by atoms with Gasteiger partial charge in [-0.15, -0.1) is 0 Å². The molecule has 7 heteroatoms. The Bertz CT molecular complexity index is 769. The predicted molar refractivity (Wildman–Crippen MR) is 83.5 cm³/mol. The minimum atomic E-state index is -3.85. The molecule has 6 nitrogen and oxygen atoms in total. The quantitative estimate of drug-likeness (QED) is 0.901. The summed E-state index contributed by atoms with van der Waals surface area (Å²) in [4.78, 5) is 11.9. The van der Waals surface area contributed by atoms with Gasteiger partial charge < -0.3 is 5.73 Å². The largest absolute Gasteiger partial charge is 0.368 e. The Morgan fingerprint density at radius 3 is 2.74 bits per heavy atom. The average molecular weight is 333 g/mol.